The largest absolute Gasteiger partial charge is 0.467 e. The van der Waals surface area contributed by atoms with Crippen molar-refractivity contribution in [1.82, 2.24) is 4.90 Å². The SMILES string of the molecule is O=C(c1ccc(S(=O)(=O)N2CCCc3ccccc32)cc1)N(Cc1ccco1)Cc1cccs1. The van der Waals surface area contributed by atoms with E-state index >= 15 is 0 Å². The second-order valence-corrected chi connectivity index (χ2v) is 11.0. The molecule has 2 aromatic heterocycles. The third kappa shape index (κ3) is 4.51. The number of rotatable bonds is 7. The van der Waals surface area contributed by atoms with Gasteiger partial charge in [-0.25, -0.2) is 8.42 Å². The normalized spacial score (nSPS) is 13.5. The average molecular weight is 493 g/mol. The molecular formula is C26H24N2O4S2. The van der Waals surface area contributed by atoms with Gasteiger partial charge in [-0.2, -0.15) is 0 Å². The average Bonchev–Trinajstić information content (AvgIpc) is 3.57. The fourth-order valence-corrected chi connectivity index (χ4v) is 6.47. The summed E-state index contributed by atoms with van der Waals surface area (Å²) in [4.78, 5) is 16.3. The monoisotopic (exact) mass is 492 g/mol. The Bertz CT molecular complexity index is 1330. The summed E-state index contributed by atoms with van der Waals surface area (Å²) in [6.07, 6.45) is 3.23. The van der Waals surface area contributed by atoms with Crippen molar-refractivity contribution in [3.63, 3.8) is 0 Å². The number of para-hydroxylation sites is 1. The zero-order chi connectivity index (χ0) is 23.5. The number of aryl methyl sites for hydroxylation is 1. The van der Waals surface area contributed by atoms with Crippen LogP contribution < -0.4 is 4.31 Å². The summed E-state index contributed by atoms with van der Waals surface area (Å²) >= 11 is 1.58. The number of furan rings is 1. The highest BCUT2D eigenvalue weighted by Crippen LogP contribution is 2.32. The fourth-order valence-electron chi connectivity index (χ4n) is 4.21. The molecule has 0 N–H and O–H groups in total. The van der Waals surface area contributed by atoms with Crippen LogP contribution in [0.15, 0.2) is 93.8 Å². The summed E-state index contributed by atoms with van der Waals surface area (Å²) in [6.45, 7) is 1.22. The van der Waals surface area contributed by atoms with Gasteiger partial charge >= 0.3 is 0 Å². The van der Waals surface area contributed by atoms with Gasteiger partial charge in [0.2, 0.25) is 0 Å². The molecule has 0 fully saturated rings. The standard InChI is InChI=1S/C26H24N2O4S2/c29-26(27(18-22-8-4-16-32-22)19-23-9-5-17-33-23)21-11-13-24(14-12-21)34(30,31)28-15-3-7-20-6-1-2-10-25(20)28/h1-2,4-6,8-14,16-17H,3,7,15,18-19H2. The van der Waals surface area contributed by atoms with E-state index in [0.29, 0.717) is 31.0 Å². The summed E-state index contributed by atoms with van der Waals surface area (Å²) in [5.41, 5.74) is 2.20. The molecule has 0 saturated heterocycles. The Morgan fingerprint density at radius 1 is 0.971 bits per heavy atom. The number of sulfonamides is 1. The van der Waals surface area contributed by atoms with Gasteiger partial charge in [-0.05, 0) is 72.3 Å². The zero-order valence-corrected chi connectivity index (χ0v) is 20.1. The molecule has 0 spiro atoms. The molecule has 0 unspecified atom stereocenters. The van der Waals surface area contributed by atoms with E-state index < -0.39 is 10.0 Å². The first-order valence-corrected chi connectivity index (χ1v) is 13.4. The van der Waals surface area contributed by atoms with Gasteiger partial charge in [-0.3, -0.25) is 9.10 Å². The van der Waals surface area contributed by atoms with Gasteiger partial charge in [0.25, 0.3) is 15.9 Å². The van der Waals surface area contributed by atoms with Crippen LogP contribution >= 0.6 is 11.3 Å². The zero-order valence-electron chi connectivity index (χ0n) is 18.5. The molecule has 6 nitrogen and oxygen atoms in total. The van der Waals surface area contributed by atoms with Crippen molar-refractivity contribution in [2.45, 2.75) is 30.8 Å². The molecule has 0 saturated carbocycles. The van der Waals surface area contributed by atoms with Gasteiger partial charge in [0, 0.05) is 17.0 Å². The number of carbonyl (C=O) groups is 1. The van der Waals surface area contributed by atoms with Gasteiger partial charge in [0.1, 0.15) is 5.76 Å². The van der Waals surface area contributed by atoms with Crippen LogP contribution in [0.4, 0.5) is 5.69 Å². The molecule has 1 amide bonds. The Labute approximate surface area is 203 Å². The number of amides is 1. The lowest BCUT2D eigenvalue weighted by Gasteiger charge is -2.30. The van der Waals surface area contributed by atoms with Crippen LogP contribution in [0.2, 0.25) is 0 Å². The third-order valence-corrected chi connectivity index (χ3v) is 8.59. The van der Waals surface area contributed by atoms with Crippen molar-refractivity contribution in [2.75, 3.05) is 10.8 Å². The van der Waals surface area contributed by atoms with Gasteiger partial charge in [-0.1, -0.05) is 24.3 Å². The van der Waals surface area contributed by atoms with E-state index in [1.54, 1.807) is 40.7 Å². The quantitative estimate of drug-likeness (QED) is 0.350. The molecular weight excluding hydrogens is 468 g/mol. The summed E-state index contributed by atoms with van der Waals surface area (Å²) in [6, 6.07) is 21.4. The van der Waals surface area contributed by atoms with Crippen LogP contribution in [-0.2, 0) is 29.5 Å². The number of hydrogen-bond acceptors (Lipinski definition) is 5. The van der Waals surface area contributed by atoms with E-state index in [1.807, 2.05) is 47.8 Å². The highest BCUT2D eigenvalue weighted by molar-refractivity contribution is 7.92. The number of hydrogen-bond donors (Lipinski definition) is 0. The van der Waals surface area contributed by atoms with Gasteiger partial charge in [0.15, 0.2) is 0 Å². The molecule has 0 aliphatic carbocycles. The van der Waals surface area contributed by atoms with Crippen LogP contribution in [0, 0.1) is 0 Å². The molecule has 5 rings (SSSR count). The minimum atomic E-state index is -3.73. The number of benzene rings is 2. The fraction of sp³-hybridized carbons (Fsp3) is 0.192. The second-order valence-electron chi connectivity index (χ2n) is 8.15. The van der Waals surface area contributed by atoms with Crippen LogP contribution in [0.1, 0.15) is 33.0 Å². The number of thiophene rings is 1. The molecule has 3 heterocycles. The van der Waals surface area contributed by atoms with Crippen molar-refractivity contribution in [3.8, 4) is 0 Å². The van der Waals surface area contributed by atoms with Gasteiger partial charge < -0.3 is 9.32 Å². The lowest BCUT2D eigenvalue weighted by atomic mass is 10.0. The predicted molar refractivity (Wildman–Crippen MR) is 132 cm³/mol. The topological polar surface area (TPSA) is 70.8 Å². The molecule has 0 atom stereocenters. The third-order valence-electron chi connectivity index (χ3n) is 5.90. The Kier molecular flexibility index (Phi) is 6.26. The number of fused-ring (bicyclic) bond motifs is 1. The minimum absolute atomic E-state index is 0.177. The van der Waals surface area contributed by atoms with Crippen molar-refractivity contribution in [2.24, 2.45) is 0 Å². The molecule has 174 valence electrons. The second kappa shape index (κ2) is 9.48. The Morgan fingerprint density at radius 3 is 2.53 bits per heavy atom. The van der Waals surface area contributed by atoms with E-state index in [4.69, 9.17) is 4.42 Å². The lowest BCUT2D eigenvalue weighted by molar-refractivity contribution is 0.0719. The van der Waals surface area contributed by atoms with E-state index in [0.717, 1.165) is 29.0 Å². The molecule has 0 radical (unpaired) electrons. The van der Waals surface area contributed by atoms with E-state index in [1.165, 1.54) is 16.4 Å². The Balaban J connectivity index is 1.39. The predicted octanol–water partition coefficient (Wildman–Crippen LogP) is 5.33. The molecule has 34 heavy (non-hydrogen) atoms. The van der Waals surface area contributed by atoms with Gasteiger partial charge in [-0.15, -0.1) is 11.3 Å². The first-order valence-electron chi connectivity index (χ1n) is 11.1. The Morgan fingerprint density at radius 2 is 1.79 bits per heavy atom. The summed E-state index contributed by atoms with van der Waals surface area (Å²) in [7, 11) is -3.73. The summed E-state index contributed by atoms with van der Waals surface area (Å²) < 4.78 is 33.7. The maximum atomic E-state index is 13.4. The molecule has 1 aliphatic rings. The number of anilines is 1. The van der Waals surface area contributed by atoms with Gasteiger partial charge in [0.05, 0.1) is 29.9 Å². The Hall–Kier alpha value is -3.36. The van der Waals surface area contributed by atoms with E-state index in [9.17, 15) is 13.2 Å². The molecule has 0 bridgehead atoms. The first-order chi connectivity index (χ1) is 16.5. The lowest BCUT2D eigenvalue weighted by Crippen LogP contribution is -2.35. The highest BCUT2D eigenvalue weighted by Gasteiger charge is 2.29. The molecule has 1 aliphatic heterocycles. The van der Waals surface area contributed by atoms with Crippen molar-refractivity contribution in [1.29, 1.82) is 0 Å². The van der Waals surface area contributed by atoms with E-state index in [-0.39, 0.29) is 10.8 Å². The van der Waals surface area contributed by atoms with Crippen molar-refractivity contribution < 1.29 is 17.6 Å². The van der Waals surface area contributed by atoms with E-state index in [2.05, 4.69) is 0 Å². The van der Waals surface area contributed by atoms with Crippen LogP contribution in [0.3, 0.4) is 0 Å². The van der Waals surface area contributed by atoms with Crippen LogP contribution in [0.25, 0.3) is 0 Å². The van der Waals surface area contributed by atoms with Crippen LogP contribution in [0.5, 0.6) is 0 Å². The number of carbonyl (C=O) groups excluding carboxylic acids is 1. The molecule has 8 heteroatoms. The van der Waals surface area contributed by atoms with Crippen molar-refractivity contribution >= 4 is 33.0 Å². The van der Waals surface area contributed by atoms with Crippen LogP contribution in [-0.4, -0.2) is 25.8 Å². The molecule has 4 aromatic rings. The maximum Gasteiger partial charge on any atom is 0.264 e. The summed E-state index contributed by atoms with van der Waals surface area (Å²) in [5, 5.41) is 1.98. The smallest absolute Gasteiger partial charge is 0.264 e. The maximum absolute atomic E-state index is 13.4. The van der Waals surface area contributed by atoms with Crippen molar-refractivity contribution in [3.05, 3.63) is 106 Å². The number of nitrogens with zero attached hydrogens (tertiary/aromatic N) is 2. The first kappa shape index (κ1) is 22.4. The highest BCUT2D eigenvalue weighted by atomic mass is 32.2. The molecule has 2 aromatic carbocycles. The summed E-state index contributed by atoms with van der Waals surface area (Å²) in [5.74, 6) is 0.505. The minimum Gasteiger partial charge on any atom is -0.467 e.